The van der Waals surface area contributed by atoms with E-state index in [0.717, 1.165) is 23.4 Å². The fourth-order valence-electron chi connectivity index (χ4n) is 4.26. The van der Waals surface area contributed by atoms with Crippen LogP contribution in [0.3, 0.4) is 0 Å². The highest BCUT2D eigenvalue weighted by Gasteiger charge is 2.22. The van der Waals surface area contributed by atoms with E-state index in [4.69, 9.17) is 4.84 Å². The second kappa shape index (κ2) is 11.5. The number of rotatable bonds is 10. The van der Waals surface area contributed by atoms with E-state index in [1.165, 1.54) is 16.7 Å². The highest BCUT2D eigenvalue weighted by molar-refractivity contribution is 5.99. The van der Waals surface area contributed by atoms with Gasteiger partial charge in [-0.05, 0) is 48.6 Å². The molecule has 1 aromatic heterocycles. The first-order chi connectivity index (χ1) is 17.0. The molecule has 4 rings (SSSR count). The molecule has 4 aromatic rings. The van der Waals surface area contributed by atoms with Gasteiger partial charge in [0.1, 0.15) is 0 Å². The third-order valence-corrected chi connectivity index (χ3v) is 6.05. The average molecular weight is 465 g/mol. The van der Waals surface area contributed by atoms with Gasteiger partial charge in [0, 0.05) is 24.2 Å². The number of Topliss-reactive ketones (excluding diaryl/α,β-unsaturated/α-hetero) is 1. The van der Waals surface area contributed by atoms with Gasteiger partial charge in [0.2, 0.25) is 0 Å². The number of benzene rings is 3. The molecule has 0 aliphatic rings. The van der Waals surface area contributed by atoms with Crippen LogP contribution in [0.4, 0.5) is 0 Å². The van der Waals surface area contributed by atoms with Crippen molar-refractivity contribution in [1.82, 2.24) is 4.57 Å². The summed E-state index contributed by atoms with van der Waals surface area (Å²) in [5, 5.41) is 4.25. The molecule has 0 amide bonds. The molecular weight excluding hydrogens is 432 g/mol. The lowest BCUT2D eigenvalue weighted by Gasteiger charge is -2.16. The molecule has 0 bridgehead atoms. The van der Waals surface area contributed by atoms with Gasteiger partial charge in [-0.3, -0.25) is 4.79 Å². The van der Waals surface area contributed by atoms with E-state index < -0.39 is 0 Å². The zero-order valence-corrected chi connectivity index (χ0v) is 20.6. The zero-order chi connectivity index (χ0) is 24.6. The second-order valence-electron chi connectivity index (χ2n) is 9.14. The Morgan fingerprint density at radius 2 is 1.54 bits per heavy atom. The summed E-state index contributed by atoms with van der Waals surface area (Å²) in [7, 11) is 0. The number of carbonyl (C=O) groups is 1. The van der Waals surface area contributed by atoms with Crippen molar-refractivity contribution in [3.05, 3.63) is 125 Å². The molecule has 0 aliphatic carbocycles. The van der Waals surface area contributed by atoms with Gasteiger partial charge in [-0.15, -0.1) is 0 Å². The molecular formula is C31H32N2O2. The minimum absolute atomic E-state index is 0.151. The van der Waals surface area contributed by atoms with E-state index >= 15 is 0 Å². The van der Waals surface area contributed by atoms with E-state index in [2.05, 4.69) is 47.8 Å². The van der Waals surface area contributed by atoms with Crippen LogP contribution in [0.2, 0.25) is 0 Å². The second-order valence-corrected chi connectivity index (χ2v) is 9.14. The Bertz CT molecular complexity index is 1270. The van der Waals surface area contributed by atoms with Crippen LogP contribution in [0.15, 0.2) is 96.2 Å². The summed E-state index contributed by atoms with van der Waals surface area (Å²) < 4.78 is 2.19. The SMILES string of the molecule is Cc1ccc(O/N=C/c2cc(C(=O)CCc3ccccc3)c(C(C)C)n2Cc2ccccc2)cc1. The van der Waals surface area contributed by atoms with Gasteiger partial charge in [0.25, 0.3) is 0 Å². The summed E-state index contributed by atoms with van der Waals surface area (Å²) >= 11 is 0. The number of aryl methyl sites for hydroxylation is 2. The van der Waals surface area contributed by atoms with E-state index in [1.54, 1.807) is 6.21 Å². The van der Waals surface area contributed by atoms with E-state index in [1.807, 2.05) is 73.7 Å². The summed E-state index contributed by atoms with van der Waals surface area (Å²) in [6, 6.07) is 30.2. The summed E-state index contributed by atoms with van der Waals surface area (Å²) in [6.45, 7) is 6.96. The Morgan fingerprint density at radius 3 is 2.17 bits per heavy atom. The third kappa shape index (κ3) is 6.36. The van der Waals surface area contributed by atoms with Crippen LogP contribution in [0.25, 0.3) is 0 Å². The standard InChI is InChI=1S/C31H32N2O2/c1-23(2)31-29(30(34)19-16-25-10-6-4-7-11-25)20-27(33(31)22-26-12-8-5-9-13-26)21-32-35-28-17-14-24(3)15-18-28/h4-15,17-18,20-21,23H,16,19,22H2,1-3H3/b32-21+. The van der Waals surface area contributed by atoms with Crippen LogP contribution in [-0.4, -0.2) is 16.6 Å². The minimum Gasteiger partial charge on any atom is -0.357 e. The first kappa shape index (κ1) is 24.2. The molecule has 1 heterocycles. The molecule has 178 valence electrons. The molecule has 0 aliphatic heterocycles. The van der Waals surface area contributed by atoms with Crippen LogP contribution in [-0.2, 0) is 13.0 Å². The lowest BCUT2D eigenvalue weighted by Crippen LogP contribution is -2.12. The third-order valence-electron chi connectivity index (χ3n) is 6.05. The van der Waals surface area contributed by atoms with E-state index in [-0.39, 0.29) is 11.7 Å². The number of aromatic nitrogens is 1. The topological polar surface area (TPSA) is 43.6 Å². The molecule has 4 heteroatoms. The van der Waals surface area contributed by atoms with Gasteiger partial charge in [-0.25, -0.2) is 0 Å². The maximum Gasteiger partial charge on any atom is 0.165 e. The maximum absolute atomic E-state index is 13.4. The van der Waals surface area contributed by atoms with Gasteiger partial charge < -0.3 is 9.40 Å². The highest BCUT2D eigenvalue weighted by Crippen LogP contribution is 2.27. The number of hydrogen-bond acceptors (Lipinski definition) is 3. The van der Waals surface area contributed by atoms with Crippen molar-refractivity contribution in [2.24, 2.45) is 5.16 Å². The fraction of sp³-hybridized carbons (Fsp3) is 0.226. The molecule has 4 nitrogen and oxygen atoms in total. The summed E-state index contributed by atoms with van der Waals surface area (Å²) in [6.07, 6.45) is 2.90. The summed E-state index contributed by atoms with van der Waals surface area (Å²) in [5.41, 5.74) is 6.16. The van der Waals surface area contributed by atoms with Crippen LogP contribution in [0.5, 0.6) is 5.75 Å². The smallest absolute Gasteiger partial charge is 0.165 e. The molecule has 3 aromatic carbocycles. The van der Waals surface area contributed by atoms with Gasteiger partial charge in [-0.1, -0.05) is 97.4 Å². The number of oxime groups is 1. The van der Waals surface area contributed by atoms with Crippen molar-refractivity contribution in [1.29, 1.82) is 0 Å². The predicted molar refractivity (Wildman–Crippen MR) is 143 cm³/mol. The number of nitrogens with zero attached hydrogens (tertiary/aromatic N) is 2. The lowest BCUT2D eigenvalue weighted by molar-refractivity contribution is 0.0981. The summed E-state index contributed by atoms with van der Waals surface area (Å²) in [5.74, 6) is 1.00. The molecule has 0 radical (unpaired) electrons. The molecule has 0 atom stereocenters. The van der Waals surface area contributed by atoms with Crippen molar-refractivity contribution < 1.29 is 9.63 Å². The monoisotopic (exact) mass is 464 g/mol. The number of ketones is 1. The van der Waals surface area contributed by atoms with Crippen molar-refractivity contribution in [3.8, 4) is 5.75 Å². The molecule has 0 saturated heterocycles. The van der Waals surface area contributed by atoms with Crippen LogP contribution in [0, 0.1) is 6.92 Å². The zero-order valence-electron chi connectivity index (χ0n) is 20.6. The van der Waals surface area contributed by atoms with Crippen molar-refractivity contribution >= 4 is 12.0 Å². The van der Waals surface area contributed by atoms with Gasteiger partial charge >= 0.3 is 0 Å². The lowest BCUT2D eigenvalue weighted by atomic mass is 9.98. The summed E-state index contributed by atoms with van der Waals surface area (Å²) in [4.78, 5) is 19.0. The first-order valence-corrected chi connectivity index (χ1v) is 12.1. The van der Waals surface area contributed by atoms with Crippen LogP contribution < -0.4 is 4.84 Å². The molecule has 35 heavy (non-hydrogen) atoms. The average Bonchev–Trinajstić information content (AvgIpc) is 3.23. The number of carbonyl (C=O) groups excluding carboxylic acids is 1. The van der Waals surface area contributed by atoms with Gasteiger partial charge in [-0.2, -0.15) is 0 Å². The van der Waals surface area contributed by atoms with Crippen molar-refractivity contribution in [2.75, 3.05) is 0 Å². The Kier molecular flexibility index (Phi) is 7.94. The molecule has 0 unspecified atom stereocenters. The van der Waals surface area contributed by atoms with Crippen molar-refractivity contribution in [3.63, 3.8) is 0 Å². The normalized spacial score (nSPS) is 11.3. The Hall–Kier alpha value is -3.92. The minimum atomic E-state index is 0.151. The van der Waals surface area contributed by atoms with Gasteiger partial charge in [0.15, 0.2) is 11.5 Å². The highest BCUT2D eigenvalue weighted by atomic mass is 16.6. The quantitative estimate of drug-likeness (QED) is 0.142. The predicted octanol–water partition coefficient (Wildman–Crippen LogP) is 7.20. The molecule has 0 saturated carbocycles. The Labute approximate surface area is 207 Å². The Balaban J connectivity index is 1.65. The first-order valence-electron chi connectivity index (χ1n) is 12.1. The maximum atomic E-state index is 13.4. The number of hydrogen-bond donors (Lipinski definition) is 0. The van der Waals surface area contributed by atoms with Crippen molar-refractivity contribution in [2.45, 2.75) is 46.1 Å². The van der Waals surface area contributed by atoms with Crippen LogP contribution in [0.1, 0.15) is 64.6 Å². The fourth-order valence-corrected chi connectivity index (χ4v) is 4.26. The van der Waals surface area contributed by atoms with Gasteiger partial charge in [0.05, 0.1) is 11.9 Å². The van der Waals surface area contributed by atoms with E-state index in [0.29, 0.717) is 18.7 Å². The molecule has 0 fully saturated rings. The molecule has 0 spiro atoms. The largest absolute Gasteiger partial charge is 0.357 e. The molecule has 0 N–H and O–H groups in total. The van der Waals surface area contributed by atoms with E-state index in [9.17, 15) is 4.79 Å². The van der Waals surface area contributed by atoms with Crippen LogP contribution >= 0.6 is 0 Å². The Morgan fingerprint density at radius 1 is 0.914 bits per heavy atom.